The molecule has 1 aromatic rings. The molecule has 0 bridgehead atoms. The van der Waals surface area contributed by atoms with Crippen molar-refractivity contribution in [3.05, 3.63) is 35.4 Å². The zero-order chi connectivity index (χ0) is 14.6. The molecular weight excluding hydrogens is 246 g/mol. The van der Waals surface area contributed by atoms with E-state index in [0.29, 0.717) is 0 Å². The van der Waals surface area contributed by atoms with E-state index in [1.54, 1.807) is 0 Å². The molecule has 0 saturated carbocycles. The molecule has 1 unspecified atom stereocenters. The third-order valence-electron chi connectivity index (χ3n) is 4.43. The molecule has 20 heavy (non-hydrogen) atoms. The van der Waals surface area contributed by atoms with E-state index in [-0.39, 0.29) is 5.54 Å². The minimum absolute atomic E-state index is 0.342. The van der Waals surface area contributed by atoms with E-state index >= 15 is 0 Å². The molecule has 0 aliphatic carbocycles. The second-order valence-electron chi connectivity index (χ2n) is 6.17. The van der Waals surface area contributed by atoms with Crippen LogP contribution in [0.25, 0.3) is 0 Å². The molecule has 0 amide bonds. The molecular formula is C17H25N3. The summed E-state index contributed by atoms with van der Waals surface area (Å²) in [6.45, 7) is 8.31. The van der Waals surface area contributed by atoms with Crippen LogP contribution in [-0.4, -0.2) is 48.6 Å². The number of nitrogens with zero attached hydrogens (tertiary/aromatic N) is 3. The van der Waals surface area contributed by atoms with Crippen LogP contribution in [0.1, 0.15) is 24.5 Å². The van der Waals surface area contributed by atoms with Crippen molar-refractivity contribution >= 4 is 0 Å². The Morgan fingerprint density at radius 1 is 1.25 bits per heavy atom. The number of likely N-dealkylation sites (N-methyl/N-ethyl adjacent to an activating group) is 1. The van der Waals surface area contributed by atoms with Gasteiger partial charge in [0.05, 0.1) is 6.07 Å². The standard InChI is InChI=1S/C17H25N3/c1-15-5-4-6-16(13-15)7-8-17(2,14-18)20-11-9-19(3)10-12-20/h4-6,13H,7-12H2,1-3H3. The van der Waals surface area contributed by atoms with Crippen LogP contribution < -0.4 is 0 Å². The molecule has 0 aromatic heterocycles. The summed E-state index contributed by atoms with van der Waals surface area (Å²) in [5.41, 5.74) is 2.28. The Morgan fingerprint density at radius 3 is 2.55 bits per heavy atom. The number of hydrogen-bond acceptors (Lipinski definition) is 3. The topological polar surface area (TPSA) is 30.3 Å². The number of rotatable bonds is 4. The monoisotopic (exact) mass is 271 g/mol. The van der Waals surface area contributed by atoms with Crippen molar-refractivity contribution in [2.24, 2.45) is 0 Å². The third-order valence-corrected chi connectivity index (χ3v) is 4.43. The lowest BCUT2D eigenvalue weighted by atomic mass is 9.91. The lowest BCUT2D eigenvalue weighted by molar-refractivity contribution is 0.0786. The normalized spacial score (nSPS) is 20.3. The van der Waals surface area contributed by atoms with E-state index < -0.39 is 0 Å². The Morgan fingerprint density at radius 2 is 1.95 bits per heavy atom. The van der Waals surface area contributed by atoms with Gasteiger partial charge >= 0.3 is 0 Å². The van der Waals surface area contributed by atoms with Gasteiger partial charge in [-0.15, -0.1) is 0 Å². The average molecular weight is 271 g/mol. The Hall–Kier alpha value is -1.37. The molecule has 3 nitrogen and oxygen atoms in total. The van der Waals surface area contributed by atoms with Gasteiger partial charge in [-0.25, -0.2) is 0 Å². The minimum atomic E-state index is -0.342. The van der Waals surface area contributed by atoms with E-state index in [1.807, 2.05) is 0 Å². The minimum Gasteiger partial charge on any atom is -0.304 e. The Bertz CT molecular complexity index is 483. The van der Waals surface area contributed by atoms with E-state index in [2.05, 4.69) is 61.0 Å². The van der Waals surface area contributed by atoms with Gasteiger partial charge in [-0.3, -0.25) is 4.90 Å². The molecule has 1 aliphatic rings. The fourth-order valence-corrected chi connectivity index (χ4v) is 2.84. The highest BCUT2D eigenvalue weighted by Gasteiger charge is 2.33. The summed E-state index contributed by atoms with van der Waals surface area (Å²) in [6.07, 6.45) is 1.87. The summed E-state index contributed by atoms with van der Waals surface area (Å²) in [7, 11) is 2.15. The maximum Gasteiger partial charge on any atom is 0.106 e. The fraction of sp³-hybridized carbons (Fsp3) is 0.588. The van der Waals surface area contributed by atoms with Crippen LogP contribution >= 0.6 is 0 Å². The van der Waals surface area contributed by atoms with E-state index in [1.165, 1.54) is 11.1 Å². The molecule has 1 aromatic carbocycles. The first-order valence-electron chi connectivity index (χ1n) is 7.44. The van der Waals surface area contributed by atoms with Crippen LogP contribution in [0.5, 0.6) is 0 Å². The van der Waals surface area contributed by atoms with Crippen LogP contribution in [0.4, 0.5) is 0 Å². The van der Waals surface area contributed by atoms with Crippen molar-refractivity contribution in [2.45, 2.75) is 32.2 Å². The molecule has 1 saturated heterocycles. The van der Waals surface area contributed by atoms with Crippen LogP contribution in [0.2, 0.25) is 0 Å². The van der Waals surface area contributed by atoms with E-state index in [4.69, 9.17) is 0 Å². The van der Waals surface area contributed by atoms with Crippen LogP contribution in [0.3, 0.4) is 0 Å². The zero-order valence-corrected chi connectivity index (χ0v) is 12.9. The quantitative estimate of drug-likeness (QED) is 0.842. The fourth-order valence-electron chi connectivity index (χ4n) is 2.84. The van der Waals surface area contributed by atoms with E-state index in [9.17, 15) is 5.26 Å². The smallest absolute Gasteiger partial charge is 0.106 e. The Labute approximate surface area is 122 Å². The van der Waals surface area contributed by atoms with Gasteiger partial charge in [0.15, 0.2) is 0 Å². The number of nitriles is 1. The molecule has 3 heteroatoms. The van der Waals surface area contributed by atoms with Gasteiger partial charge < -0.3 is 4.90 Å². The summed E-state index contributed by atoms with van der Waals surface area (Å²) in [5, 5.41) is 9.63. The second kappa shape index (κ2) is 6.39. The summed E-state index contributed by atoms with van der Waals surface area (Å²) in [5.74, 6) is 0. The van der Waals surface area contributed by atoms with Gasteiger partial charge in [-0.05, 0) is 39.3 Å². The molecule has 0 spiro atoms. The molecule has 1 aliphatic heterocycles. The maximum atomic E-state index is 9.63. The van der Waals surface area contributed by atoms with Crippen molar-refractivity contribution in [1.82, 2.24) is 9.80 Å². The second-order valence-corrected chi connectivity index (χ2v) is 6.17. The zero-order valence-electron chi connectivity index (χ0n) is 12.9. The molecule has 1 heterocycles. The Balaban J connectivity index is 1.99. The number of benzene rings is 1. The van der Waals surface area contributed by atoms with Gasteiger partial charge in [-0.1, -0.05) is 29.8 Å². The highest BCUT2D eigenvalue weighted by Crippen LogP contribution is 2.23. The van der Waals surface area contributed by atoms with E-state index in [0.717, 1.165) is 39.0 Å². The van der Waals surface area contributed by atoms with Gasteiger partial charge in [0.1, 0.15) is 5.54 Å². The van der Waals surface area contributed by atoms with Crippen molar-refractivity contribution in [2.75, 3.05) is 33.2 Å². The molecule has 2 rings (SSSR count). The van der Waals surface area contributed by atoms with Crippen molar-refractivity contribution < 1.29 is 0 Å². The summed E-state index contributed by atoms with van der Waals surface area (Å²) >= 11 is 0. The maximum absolute atomic E-state index is 9.63. The number of piperazine rings is 1. The predicted molar refractivity (Wildman–Crippen MR) is 82.6 cm³/mol. The van der Waals surface area contributed by atoms with Gasteiger partial charge in [-0.2, -0.15) is 5.26 Å². The van der Waals surface area contributed by atoms with Gasteiger partial charge in [0.2, 0.25) is 0 Å². The highest BCUT2D eigenvalue weighted by molar-refractivity contribution is 5.23. The molecule has 0 N–H and O–H groups in total. The van der Waals surface area contributed by atoms with Gasteiger partial charge in [0, 0.05) is 26.2 Å². The summed E-state index contributed by atoms with van der Waals surface area (Å²) in [4.78, 5) is 4.68. The highest BCUT2D eigenvalue weighted by atomic mass is 15.3. The number of aryl methyl sites for hydroxylation is 2. The first kappa shape index (κ1) is 15.0. The van der Waals surface area contributed by atoms with Crippen LogP contribution in [-0.2, 0) is 6.42 Å². The Kier molecular flexibility index (Phi) is 4.80. The lowest BCUT2D eigenvalue weighted by Gasteiger charge is -2.41. The van der Waals surface area contributed by atoms with Crippen LogP contribution in [0.15, 0.2) is 24.3 Å². The lowest BCUT2D eigenvalue weighted by Crippen LogP contribution is -2.54. The largest absolute Gasteiger partial charge is 0.304 e. The molecule has 108 valence electrons. The van der Waals surface area contributed by atoms with Crippen molar-refractivity contribution in [1.29, 1.82) is 5.26 Å². The summed E-state index contributed by atoms with van der Waals surface area (Å²) in [6, 6.07) is 11.2. The average Bonchev–Trinajstić information content (AvgIpc) is 2.45. The molecule has 1 atom stereocenters. The van der Waals surface area contributed by atoms with Crippen LogP contribution in [0, 0.1) is 18.3 Å². The van der Waals surface area contributed by atoms with Crippen molar-refractivity contribution in [3.8, 4) is 6.07 Å². The molecule has 1 fully saturated rings. The summed E-state index contributed by atoms with van der Waals surface area (Å²) < 4.78 is 0. The van der Waals surface area contributed by atoms with Gasteiger partial charge in [0.25, 0.3) is 0 Å². The number of hydrogen-bond donors (Lipinski definition) is 0. The predicted octanol–water partition coefficient (Wildman–Crippen LogP) is 2.46. The SMILES string of the molecule is Cc1cccc(CCC(C)(C#N)N2CCN(C)CC2)c1. The first-order chi connectivity index (χ1) is 9.53. The van der Waals surface area contributed by atoms with Crippen molar-refractivity contribution in [3.63, 3.8) is 0 Å². The first-order valence-corrected chi connectivity index (χ1v) is 7.44. The third kappa shape index (κ3) is 3.59. The molecule has 0 radical (unpaired) electrons.